The van der Waals surface area contributed by atoms with Crippen molar-refractivity contribution in [1.82, 2.24) is 30.0 Å². The molecule has 3 aromatic rings. The van der Waals surface area contributed by atoms with Crippen LogP contribution >= 0.6 is 23.2 Å². The molecule has 2 aromatic heterocycles. The summed E-state index contributed by atoms with van der Waals surface area (Å²) in [5.41, 5.74) is 1.15. The van der Waals surface area contributed by atoms with Gasteiger partial charge in [0.05, 0.1) is 6.20 Å². The van der Waals surface area contributed by atoms with Crippen LogP contribution in [-0.2, 0) is 0 Å². The molecule has 11 heteroatoms. The second kappa shape index (κ2) is 10.1. The highest BCUT2D eigenvalue weighted by Crippen LogP contribution is 2.29. The monoisotopic (exact) mass is 515 g/mol. The predicted octanol–water partition coefficient (Wildman–Crippen LogP) is 3.96. The van der Waals surface area contributed by atoms with E-state index in [2.05, 4.69) is 36.9 Å². The first-order valence-electron chi connectivity index (χ1n) is 11.8. The van der Waals surface area contributed by atoms with E-state index in [-0.39, 0.29) is 5.91 Å². The van der Waals surface area contributed by atoms with E-state index in [1.807, 2.05) is 4.90 Å². The van der Waals surface area contributed by atoms with E-state index < -0.39 is 0 Å². The third kappa shape index (κ3) is 5.12. The first kappa shape index (κ1) is 24.0. The SMILES string of the molecule is Cc1nnc(-c2cnc(N3CCN(C4CCN(C(=O)c5ccc(Cl)cc5)CC4)C(C)C3)c(Cl)n2)o1. The summed E-state index contributed by atoms with van der Waals surface area (Å²) in [6.07, 6.45) is 3.55. The smallest absolute Gasteiger partial charge is 0.267 e. The van der Waals surface area contributed by atoms with Crippen molar-refractivity contribution in [3.05, 3.63) is 52.1 Å². The van der Waals surface area contributed by atoms with Crippen LogP contribution in [0.25, 0.3) is 11.6 Å². The summed E-state index contributed by atoms with van der Waals surface area (Å²) in [5, 5.41) is 8.78. The van der Waals surface area contributed by atoms with Crippen molar-refractivity contribution >= 4 is 34.9 Å². The van der Waals surface area contributed by atoms with Gasteiger partial charge in [0, 0.05) is 62.3 Å². The molecule has 2 saturated heterocycles. The van der Waals surface area contributed by atoms with E-state index in [0.29, 0.717) is 51.1 Å². The van der Waals surface area contributed by atoms with E-state index in [1.165, 1.54) is 0 Å². The molecule has 1 unspecified atom stereocenters. The molecule has 1 atom stereocenters. The highest BCUT2D eigenvalue weighted by molar-refractivity contribution is 6.31. The second-order valence-electron chi connectivity index (χ2n) is 9.06. The lowest BCUT2D eigenvalue weighted by atomic mass is 9.99. The zero-order valence-electron chi connectivity index (χ0n) is 19.7. The van der Waals surface area contributed by atoms with Gasteiger partial charge in [0.1, 0.15) is 5.69 Å². The van der Waals surface area contributed by atoms with Crippen molar-refractivity contribution in [3.63, 3.8) is 0 Å². The van der Waals surface area contributed by atoms with Crippen LogP contribution in [-0.4, -0.2) is 80.7 Å². The van der Waals surface area contributed by atoms with Crippen LogP contribution in [0.3, 0.4) is 0 Å². The van der Waals surface area contributed by atoms with Crippen molar-refractivity contribution in [2.75, 3.05) is 37.6 Å². The van der Waals surface area contributed by atoms with Crippen LogP contribution in [0.4, 0.5) is 5.82 Å². The predicted molar refractivity (Wildman–Crippen MR) is 134 cm³/mol. The summed E-state index contributed by atoms with van der Waals surface area (Å²) in [6.45, 7) is 7.98. The van der Waals surface area contributed by atoms with E-state index in [1.54, 1.807) is 37.4 Å². The highest BCUT2D eigenvalue weighted by atomic mass is 35.5. The number of rotatable bonds is 4. The number of benzene rings is 1. The third-order valence-electron chi connectivity index (χ3n) is 6.75. The van der Waals surface area contributed by atoms with Gasteiger partial charge in [-0.05, 0) is 44.0 Å². The van der Waals surface area contributed by atoms with Gasteiger partial charge in [-0.1, -0.05) is 23.2 Å². The molecule has 0 bridgehead atoms. The fourth-order valence-electron chi connectivity index (χ4n) is 4.96. The summed E-state index contributed by atoms with van der Waals surface area (Å²) in [4.78, 5) is 28.5. The van der Waals surface area contributed by atoms with Crippen molar-refractivity contribution < 1.29 is 9.21 Å². The number of piperazine rings is 1. The number of aryl methyl sites for hydroxylation is 1. The van der Waals surface area contributed by atoms with Gasteiger partial charge in [-0.2, -0.15) is 0 Å². The third-order valence-corrected chi connectivity index (χ3v) is 7.25. The molecule has 1 aromatic carbocycles. The molecule has 0 radical (unpaired) electrons. The fourth-order valence-corrected chi connectivity index (χ4v) is 5.34. The quantitative estimate of drug-likeness (QED) is 0.515. The topological polar surface area (TPSA) is 91.5 Å². The molecular formula is C24H27Cl2N7O2. The Kier molecular flexibility index (Phi) is 6.91. The highest BCUT2D eigenvalue weighted by Gasteiger charge is 2.34. The van der Waals surface area contributed by atoms with Gasteiger partial charge in [0.15, 0.2) is 11.0 Å². The van der Waals surface area contributed by atoms with Gasteiger partial charge >= 0.3 is 0 Å². The van der Waals surface area contributed by atoms with Crippen molar-refractivity contribution in [2.24, 2.45) is 0 Å². The van der Waals surface area contributed by atoms with E-state index in [9.17, 15) is 4.79 Å². The molecule has 0 spiro atoms. The molecule has 2 aliphatic rings. The number of amides is 1. The zero-order valence-corrected chi connectivity index (χ0v) is 21.2. The Balaban J connectivity index is 1.18. The number of carbonyl (C=O) groups excluding carboxylic acids is 1. The van der Waals surface area contributed by atoms with Gasteiger partial charge in [0.25, 0.3) is 11.8 Å². The van der Waals surface area contributed by atoms with Crippen LogP contribution in [0.2, 0.25) is 10.2 Å². The molecule has 1 amide bonds. The minimum absolute atomic E-state index is 0.0744. The van der Waals surface area contributed by atoms with Gasteiger partial charge < -0.3 is 14.2 Å². The lowest BCUT2D eigenvalue weighted by Gasteiger charge is -2.46. The normalized spacial score (nSPS) is 19.8. The molecule has 0 N–H and O–H groups in total. The zero-order chi connectivity index (χ0) is 24.5. The molecule has 4 heterocycles. The van der Waals surface area contributed by atoms with Crippen molar-refractivity contribution in [2.45, 2.75) is 38.8 Å². The molecule has 9 nitrogen and oxygen atoms in total. The largest absolute Gasteiger partial charge is 0.420 e. The Morgan fingerprint density at radius 3 is 2.43 bits per heavy atom. The molecule has 5 rings (SSSR count). The number of anilines is 1. The van der Waals surface area contributed by atoms with E-state index in [0.717, 1.165) is 45.6 Å². The maximum atomic E-state index is 12.8. The van der Waals surface area contributed by atoms with Gasteiger partial charge in [-0.25, -0.2) is 9.97 Å². The van der Waals surface area contributed by atoms with E-state index in [4.69, 9.17) is 27.6 Å². The summed E-state index contributed by atoms with van der Waals surface area (Å²) < 4.78 is 5.43. The standard InChI is InChI=1S/C24H27Cl2N7O2/c1-15-14-32(22-21(26)28-20(13-27-22)23-30-29-16(2)35-23)11-12-33(15)19-7-9-31(10-8-19)24(34)17-3-5-18(25)6-4-17/h3-6,13,15,19H,7-12,14H2,1-2H3. The van der Waals surface area contributed by atoms with Crippen LogP contribution in [0.15, 0.2) is 34.9 Å². The minimum Gasteiger partial charge on any atom is -0.420 e. The average molecular weight is 516 g/mol. The Morgan fingerprint density at radius 1 is 1.06 bits per heavy atom. The number of nitrogens with zero attached hydrogens (tertiary/aromatic N) is 7. The molecule has 0 saturated carbocycles. The Bertz CT molecular complexity index is 1190. The Morgan fingerprint density at radius 2 is 1.80 bits per heavy atom. The first-order valence-corrected chi connectivity index (χ1v) is 12.5. The minimum atomic E-state index is 0.0744. The van der Waals surface area contributed by atoms with Gasteiger partial charge in [-0.15, -0.1) is 10.2 Å². The van der Waals surface area contributed by atoms with Crippen molar-refractivity contribution in [3.8, 4) is 11.6 Å². The number of halogens is 2. The number of piperidine rings is 1. The summed E-state index contributed by atoms with van der Waals surface area (Å²) >= 11 is 12.4. The summed E-state index contributed by atoms with van der Waals surface area (Å²) in [5.74, 6) is 1.52. The Labute approximate surface area is 214 Å². The molecule has 35 heavy (non-hydrogen) atoms. The molecule has 2 fully saturated rings. The molecular weight excluding hydrogens is 489 g/mol. The van der Waals surface area contributed by atoms with Crippen molar-refractivity contribution in [1.29, 1.82) is 0 Å². The van der Waals surface area contributed by atoms with E-state index >= 15 is 0 Å². The van der Waals surface area contributed by atoms with Crippen LogP contribution in [0.1, 0.15) is 36.0 Å². The lowest BCUT2D eigenvalue weighted by Crippen LogP contribution is -2.58. The summed E-state index contributed by atoms with van der Waals surface area (Å²) in [6, 6.07) is 7.88. The average Bonchev–Trinajstić information content (AvgIpc) is 3.30. The fraction of sp³-hybridized carbons (Fsp3) is 0.458. The number of hydrogen-bond acceptors (Lipinski definition) is 8. The van der Waals surface area contributed by atoms with Gasteiger partial charge in [0.2, 0.25) is 5.89 Å². The molecule has 2 aliphatic heterocycles. The number of carbonyl (C=O) groups is 1. The number of likely N-dealkylation sites (tertiary alicyclic amines) is 1. The summed E-state index contributed by atoms with van der Waals surface area (Å²) in [7, 11) is 0. The maximum absolute atomic E-state index is 12.8. The van der Waals surface area contributed by atoms with Gasteiger partial charge in [-0.3, -0.25) is 9.69 Å². The lowest BCUT2D eigenvalue weighted by molar-refractivity contribution is 0.0525. The van der Waals surface area contributed by atoms with Crippen LogP contribution < -0.4 is 4.90 Å². The van der Waals surface area contributed by atoms with Crippen LogP contribution in [0.5, 0.6) is 0 Å². The first-order chi connectivity index (χ1) is 16.9. The second-order valence-corrected chi connectivity index (χ2v) is 9.85. The molecule has 0 aliphatic carbocycles. The number of aromatic nitrogens is 4. The van der Waals surface area contributed by atoms with Crippen LogP contribution in [0, 0.1) is 6.92 Å². The Hall–Kier alpha value is -2.75. The molecule has 184 valence electrons. The maximum Gasteiger partial charge on any atom is 0.267 e. The number of hydrogen-bond donors (Lipinski definition) is 0.